The van der Waals surface area contributed by atoms with Gasteiger partial charge < -0.3 is 15.4 Å². The number of hydrogen-bond acceptors (Lipinski definition) is 4. The molecule has 0 saturated carbocycles. The first kappa shape index (κ1) is 14.0. The number of amides is 1. The van der Waals surface area contributed by atoms with Crippen LogP contribution in [0.25, 0.3) is 5.52 Å². The first-order valence-electron chi connectivity index (χ1n) is 7.10. The number of pyridine rings is 1. The summed E-state index contributed by atoms with van der Waals surface area (Å²) in [5.74, 6) is -0.0222. The van der Waals surface area contributed by atoms with Crippen LogP contribution in [0.3, 0.4) is 0 Å². The van der Waals surface area contributed by atoms with Crippen molar-refractivity contribution in [3.63, 3.8) is 0 Å². The minimum absolute atomic E-state index is 0.0222. The van der Waals surface area contributed by atoms with Gasteiger partial charge in [0.25, 0.3) is 5.91 Å². The quantitative estimate of drug-likeness (QED) is 0.891. The molecule has 112 valence electrons. The van der Waals surface area contributed by atoms with Crippen molar-refractivity contribution in [1.29, 1.82) is 0 Å². The zero-order chi connectivity index (χ0) is 15.0. The topological polar surface area (TPSA) is 72.9 Å². The Balaban J connectivity index is 1.90. The van der Waals surface area contributed by atoms with Gasteiger partial charge in [-0.3, -0.25) is 4.79 Å². The molecule has 0 aromatic carbocycles. The van der Waals surface area contributed by atoms with E-state index >= 15 is 0 Å². The predicted octanol–water partition coefficient (Wildman–Crippen LogP) is 0.913. The van der Waals surface area contributed by atoms with Crippen molar-refractivity contribution in [2.75, 3.05) is 19.6 Å². The van der Waals surface area contributed by atoms with Crippen LogP contribution in [0.2, 0.25) is 0 Å². The summed E-state index contributed by atoms with van der Waals surface area (Å²) in [7, 11) is 0. The summed E-state index contributed by atoms with van der Waals surface area (Å²) in [6.07, 6.45) is 3.33. The average molecular weight is 288 g/mol. The van der Waals surface area contributed by atoms with Gasteiger partial charge in [0, 0.05) is 25.8 Å². The molecule has 1 aliphatic rings. The van der Waals surface area contributed by atoms with Crippen LogP contribution in [-0.4, -0.2) is 51.8 Å². The monoisotopic (exact) mass is 288 g/mol. The molecule has 0 bridgehead atoms. The minimum Gasteiger partial charge on any atom is -0.367 e. The van der Waals surface area contributed by atoms with Crippen LogP contribution in [0.5, 0.6) is 0 Å². The number of aromatic nitrogens is 2. The maximum atomic E-state index is 12.8. The van der Waals surface area contributed by atoms with E-state index in [2.05, 4.69) is 5.10 Å². The molecule has 3 heterocycles. The lowest BCUT2D eigenvalue weighted by molar-refractivity contribution is -0.122. The lowest BCUT2D eigenvalue weighted by Gasteiger charge is -2.42. The highest BCUT2D eigenvalue weighted by molar-refractivity contribution is 6.00. The second-order valence-corrected chi connectivity index (χ2v) is 6.01. The van der Waals surface area contributed by atoms with Gasteiger partial charge in [-0.25, -0.2) is 4.52 Å². The third kappa shape index (κ3) is 2.64. The highest BCUT2D eigenvalue weighted by atomic mass is 16.5. The van der Waals surface area contributed by atoms with Crippen molar-refractivity contribution in [3.05, 3.63) is 36.2 Å². The van der Waals surface area contributed by atoms with Crippen LogP contribution in [0.4, 0.5) is 0 Å². The fourth-order valence-electron chi connectivity index (χ4n) is 2.84. The molecule has 3 rings (SSSR count). The van der Waals surface area contributed by atoms with E-state index in [1.807, 2.05) is 43.1 Å². The van der Waals surface area contributed by atoms with Crippen molar-refractivity contribution < 1.29 is 9.53 Å². The van der Waals surface area contributed by atoms with Crippen LogP contribution in [-0.2, 0) is 4.74 Å². The van der Waals surface area contributed by atoms with Gasteiger partial charge in [0.15, 0.2) is 0 Å². The summed E-state index contributed by atoms with van der Waals surface area (Å²) in [5.41, 5.74) is 6.76. The van der Waals surface area contributed by atoms with E-state index in [9.17, 15) is 4.79 Å². The number of carbonyl (C=O) groups is 1. The van der Waals surface area contributed by atoms with Crippen LogP contribution in [0, 0.1) is 0 Å². The molecule has 1 aliphatic heterocycles. The fraction of sp³-hybridized carbons (Fsp3) is 0.467. The number of rotatable bonds is 2. The van der Waals surface area contributed by atoms with E-state index in [0.29, 0.717) is 25.2 Å². The fourth-order valence-corrected chi connectivity index (χ4v) is 2.84. The molecule has 2 aromatic rings. The number of fused-ring (bicyclic) bond motifs is 1. The number of nitrogens with two attached hydrogens (primary N) is 1. The lowest BCUT2D eigenvalue weighted by atomic mass is 10.0. The molecule has 1 unspecified atom stereocenters. The van der Waals surface area contributed by atoms with E-state index in [-0.39, 0.29) is 17.6 Å². The summed E-state index contributed by atoms with van der Waals surface area (Å²) in [6, 6.07) is 5.68. The number of hydrogen-bond donors (Lipinski definition) is 1. The molecule has 1 fully saturated rings. The molecule has 6 heteroatoms. The number of carbonyl (C=O) groups excluding carboxylic acids is 1. The van der Waals surface area contributed by atoms with E-state index in [1.165, 1.54) is 0 Å². The molecular formula is C15H20N4O2. The molecule has 0 radical (unpaired) electrons. The van der Waals surface area contributed by atoms with Crippen LogP contribution < -0.4 is 5.73 Å². The second kappa shape index (κ2) is 5.13. The van der Waals surface area contributed by atoms with Crippen molar-refractivity contribution in [1.82, 2.24) is 14.5 Å². The van der Waals surface area contributed by atoms with Crippen LogP contribution in [0.1, 0.15) is 24.2 Å². The van der Waals surface area contributed by atoms with E-state index in [4.69, 9.17) is 10.5 Å². The van der Waals surface area contributed by atoms with E-state index < -0.39 is 0 Å². The van der Waals surface area contributed by atoms with Crippen molar-refractivity contribution >= 4 is 11.4 Å². The Morgan fingerprint density at radius 1 is 1.52 bits per heavy atom. The summed E-state index contributed by atoms with van der Waals surface area (Å²) in [4.78, 5) is 14.6. The number of morpholine rings is 1. The normalized spacial score (nSPS) is 21.7. The van der Waals surface area contributed by atoms with Gasteiger partial charge in [0.2, 0.25) is 0 Å². The molecule has 1 atom stereocenters. The molecule has 0 spiro atoms. The minimum atomic E-state index is -0.388. The first-order chi connectivity index (χ1) is 10.00. The Morgan fingerprint density at radius 2 is 2.33 bits per heavy atom. The molecule has 0 aliphatic carbocycles. The van der Waals surface area contributed by atoms with E-state index in [0.717, 1.165) is 5.52 Å². The van der Waals surface area contributed by atoms with Crippen LogP contribution in [0.15, 0.2) is 30.6 Å². The van der Waals surface area contributed by atoms with Gasteiger partial charge in [-0.15, -0.1) is 0 Å². The molecule has 6 nitrogen and oxygen atoms in total. The highest BCUT2D eigenvalue weighted by Crippen LogP contribution is 2.23. The Kier molecular flexibility index (Phi) is 3.43. The Morgan fingerprint density at radius 3 is 3.10 bits per heavy atom. The van der Waals surface area contributed by atoms with Gasteiger partial charge in [-0.2, -0.15) is 5.10 Å². The lowest BCUT2D eigenvalue weighted by Crippen LogP contribution is -2.56. The molecular weight excluding hydrogens is 268 g/mol. The standard InChI is InChI=1S/C15H20N4O2/c1-15(2)10-18(9-11(7-16)21-15)14(20)12-8-17-19-6-4-3-5-13(12)19/h3-6,8,11H,7,9-10,16H2,1-2H3. The van der Waals surface area contributed by atoms with Gasteiger partial charge in [0.05, 0.1) is 29.0 Å². The number of ether oxygens (including phenoxy) is 1. The van der Waals surface area contributed by atoms with Crippen molar-refractivity contribution in [3.8, 4) is 0 Å². The second-order valence-electron chi connectivity index (χ2n) is 6.01. The SMILES string of the molecule is CC1(C)CN(C(=O)c2cnn3ccccc23)CC(CN)O1. The molecule has 2 aromatic heterocycles. The van der Waals surface area contributed by atoms with Crippen molar-refractivity contribution in [2.45, 2.75) is 25.6 Å². The van der Waals surface area contributed by atoms with Gasteiger partial charge >= 0.3 is 0 Å². The molecule has 1 amide bonds. The Labute approximate surface area is 123 Å². The summed E-state index contributed by atoms with van der Waals surface area (Å²) in [5, 5.41) is 4.22. The zero-order valence-electron chi connectivity index (χ0n) is 12.3. The summed E-state index contributed by atoms with van der Waals surface area (Å²) < 4.78 is 7.58. The first-order valence-corrected chi connectivity index (χ1v) is 7.10. The Bertz CT molecular complexity index is 664. The third-order valence-corrected chi connectivity index (χ3v) is 3.69. The van der Waals surface area contributed by atoms with Crippen molar-refractivity contribution in [2.24, 2.45) is 5.73 Å². The number of nitrogens with zero attached hydrogens (tertiary/aromatic N) is 3. The largest absolute Gasteiger partial charge is 0.367 e. The molecule has 21 heavy (non-hydrogen) atoms. The maximum absolute atomic E-state index is 12.8. The Hall–Kier alpha value is -1.92. The van der Waals surface area contributed by atoms with Crippen LogP contribution >= 0.6 is 0 Å². The maximum Gasteiger partial charge on any atom is 0.257 e. The average Bonchev–Trinajstić information content (AvgIpc) is 2.88. The van der Waals surface area contributed by atoms with Gasteiger partial charge in [0.1, 0.15) is 0 Å². The summed E-state index contributed by atoms with van der Waals surface area (Å²) in [6.45, 7) is 5.42. The summed E-state index contributed by atoms with van der Waals surface area (Å²) >= 11 is 0. The molecule has 1 saturated heterocycles. The zero-order valence-corrected chi connectivity index (χ0v) is 12.3. The van der Waals surface area contributed by atoms with E-state index in [1.54, 1.807) is 10.7 Å². The predicted molar refractivity (Wildman–Crippen MR) is 79.1 cm³/mol. The van der Waals surface area contributed by atoms with Gasteiger partial charge in [-0.1, -0.05) is 6.07 Å². The van der Waals surface area contributed by atoms with Gasteiger partial charge in [-0.05, 0) is 26.0 Å². The smallest absolute Gasteiger partial charge is 0.257 e. The third-order valence-electron chi connectivity index (χ3n) is 3.69. The highest BCUT2D eigenvalue weighted by Gasteiger charge is 2.35. The molecule has 2 N–H and O–H groups in total.